The van der Waals surface area contributed by atoms with E-state index in [-0.39, 0.29) is 42.3 Å². The Morgan fingerprint density at radius 3 is 2.29 bits per heavy atom. The summed E-state index contributed by atoms with van der Waals surface area (Å²) < 4.78 is 25.8. The maximum Gasteiger partial charge on any atom is 0.351 e. The van der Waals surface area contributed by atoms with Gasteiger partial charge in [-0.1, -0.05) is 6.58 Å². The van der Waals surface area contributed by atoms with Crippen molar-refractivity contribution < 1.29 is 37.7 Å². The SMILES string of the molecule is C=C(C)C(=O)OCCOc1ccc(C(=O)Oc2ccc3cc(C(=O)OCC)c(=O)oc3c2)cc1. The summed E-state index contributed by atoms with van der Waals surface area (Å²) in [5.74, 6) is -1.26. The number of carbonyl (C=O) groups is 3. The highest BCUT2D eigenvalue weighted by Gasteiger charge is 2.16. The lowest BCUT2D eigenvalue weighted by molar-refractivity contribution is -0.139. The first-order valence-electron chi connectivity index (χ1n) is 10.3. The molecule has 3 aromatic rings. The lowest BCUT2D eigenvalue weighted by atomic mass is 10.2. The highest BCUT2D eigenvalue weighted by molar-refractivity contribution is 5.94. The van der Waals surface area contributed by atoms with Gasteiger partial charge < -0.3 is 23.4 Å². The Kier molecular flexibility index (Phi) is 7.81. The molecular weight excluding hydrogens is 444 g/mol. The molecule has 0 amide bonds. The summed E-state index contributed by atoms with van der Waals surface area (Å²) in [6.07, 6.45) is 0. The van der Waals surface area contributed by atoms with Gasteiger partial charge in [-0.15, -0.1) is 0 Å². The van der Waals surface area contributed by atoms with E-state index in [0.717, 1.165) is 0 Å². The zero-order valence-corrected chi connectivity index (χ0v) is 18.6. The van der Waals surface area contributed by atoms with Crippen molar-refractivity contribution >= 4 is 28.9 Å². The number of hydrogen-bond acceptors (Lipinski definition) is 9. The molecule has 1 heterocycles. The molecule has 2 aromatic carbocycles. The van der Waals surface area contributed by atoms with Gasteiger partial charge in [0.25, 0.3) is 0 Å². The molecule has 0 aliphatic carbocycles. The van der Waals surface area contributed by atoms with Crippen molar-refractivity contribution in [3.8, 4) is 11.5 Å². The second-order valence-corrected chi connectivity index (χ2v) is 7.05. The van der Waals surface area contributed by atoms with Crippen LogP contribution < -0.4 is 15.1 Å². The van der Waals surface area contributed by atoms with Crippen molar-refractivity contribution in [1.82, 2.24) is 0 Å². The van der Waals surface area contributed by atoms with Gasteiger partial charge in [-0.2, -0.15) is 0 Å². The highest BCUT2D eigenvalue weighted by atomic mass is 16.6. The van der Waals surface area contributed by atoms with Gasteiger partial charge >= 0.3 is 23.5 Å². The van der Waals surface area contributed by atoms with Gasteiger partial charge in [0, 0.05) is 17.0 Å². The van der Waals surface area contributed by atoms with Gasteiger partial charge in [-0.3, -0.25) is 0 Å². The van der Waals surface area contributed by atoms with Crippen molar-refractivity contribution in [3.63, 3.8) is 0 Å². The van der Waals surface area contributed by atoms with Gasteiger partial charge in [-0.05, 0) is 56.3 Å². The van der Waals surface area contributed by atoms with Crippen LogP contribution in [0.4, 0.5) is 0 Å². The van der Waals surface area contributed by atoms with Crippen molar-refractivity contribution in [1.29, 1.82) is 0 Å². The summed E-state index contributed by atoms with van der Waals surface area (Å²) >= 11 is 0. The van der Waals surface area contributed by atoms with Crippen LogP contribution in [0.5, 0.6) is 11.5 Å². The van der Waals surface area contributed by atoms with Crippen LogP contribution in [0.3, 0.4) is 0 Å². The third-order valence-electron chi connectivity index (χ3n) is 4.44. The number of hydrogen-bond donors (Lipinski definition) is 0. The fourth-order valence-electron chi connectivity index (χ4n) is 2.78. The molecule has 0 radical (unpaired) electrons. The molecular formula is C25H22O9. The third kappa shape index (κ3) is 6.10. The minimum Gasteiger partial charge on any atom is -0.490 e. The second-order valence-electron chi connectivity index (χ2n) is 7.05. The molecule has 0 aliphatic rings. The van der Waals surface area contributed by atoms with E-state index >= 15 is 0 Å². The Hall–Kier alpha value is -4.40. The van der Waals surface area contributed by atoms with Crippen LogP contribution in [0.2, 0.25) is 0 Å². The lowest BCUT2D eigenvalue weighted by Crippen LogP contribution is -2.16. The molecule has 0 saturated carbocycles. The number of ether oxygens (including phenoxy) is 4. The summed E-state index contributed by atoms with van der Waals surface area (Å²) in [5, 5.41) is 0.470. The van der Waals surface area contributed by atoms with E-state index in [0.29, 0.717) is 16.7 Å². The number of fused-ring (bicyclic) bond motifs is 1. The molecule has 0 fully saturated rings. The molecule has 0 saturated heterocycles. The first-order chi connectivity index (χ1) is 16.3. The van der Waals surface area contributed by atoms with Crippen molar-refractivity contribution in [2.24, 2.45) is 0 Å². The fraction of sp³-hybridized carbons (Fsp3) is 0.200. The van der Waals surface area contributed by atoms with Crippen LogP contribution in [-0.4, -0.2) is 37.7 Å². The molecule has 9 nitrogen and oxygen atoms in total. The van der Waals surface area contributed by atoms with E-state index in [4.69, 9.17) is 23.4 Å². The molecule has 9 heteroatoms. The average molecular weight is 466 g/mol. The van der Waals surface area contributed by atoms with E-state index in [2.05, 4.69) is 6.58 Å². The minimum atomic E-state index is -0.848. The largest absolute Gasteiger partial charge is 0.490 e. The number of rotatable bonds is 9. The zero-order valence-electron chi connectivity index (χ0n) is 18.6. The zero-order chi connectivity index (χ0) is 24.7. The van der Waals surface area contributed by atoms with Crippen LogP contribution >= 0.6 is 0 Å². The lowest BCUT2D eigenvalue weighted by Gasteiger charge is -2.09. The molecule has 0 spiro atoms. The minimum absolute atomic E-state index is 0.0643. The van der Waals surface area contributed by atoms with Crippen LogP contribution in [0.1, 0.15) is 34.6 Å². The van der Waals surface area contributed by atoms with Crippen molar-refractivity contribution in [2.45, 2.75) is 13.8 Å². The maximum absolute atomic E-state index is 12.5. The molecule has 0 bridgehead atoms. The molecule has 0 N–H and O–H groups in total. The van der Waals surface area contributed by atoms with Crippen molar-refractivity contribution in [3.05, 3.63) is 82.2 Å². The molecule has 0 unspecified atom stereocenters. The topological polar surface area (TPSA) is 118 Å². The smallest absolute Gasteiger partial charge is 0.351 e. The number of carbonyl (C=O) groups excluding carboxylic acids is 3. The van der Waals surface area contributed by atoms with E-state index in [1.807, 2.05) is 0 Å². The van der Waals surface area contributed by atoms with Gasteiger partial charge in [0.1, 0.15) is 35.9 Å². The summed E-state index contributed by atoms with van der Waals surface area (Å²) in [5.41, 5.74) is -0.340. The monoisotopic (exact) mass is 466 g/mol. The van der Waals surface area contributed by atoms with Gasteiger partial charge in [0.05, 0.1) is 12.2 Å². The molecule has 0 aliphatic heterocycles. The normalized spacial score (nSPS) is 10.4. The third-order valence-corrected chi connectivity index (χ3v) is 4.44. The van der Waals surface area contributed by atoms with Crippen LogP contribution in [-0.2, 0) is 14.3 Å². The van der Waals surface area contributed by atoms with Crippen LogP contribution in [0.15, 0.2) is 69.9 Å². The number of benzene rings is 2. The summed E-state index contributed by atoms with van der Waals surface area (Å²) in [4.78, 5) is 47.7. The van der Waals surface area contributed by atoms with E-state index in [1.165, 1.54) is 30.3 Å². The Morgan fingerprint density at radius 1 is 0.912 bits per heavy atom. The average Bonchev–Trinajstić information content (AvgIpc) is 2.81. The number of esters is 3. The standard InChI is InChI=1S/C25H22O9/c1-4-30-24(28)20-13-17-7-10-19(14-21(17)34-25(20)29)33-23(27)16-5-8-18(9-6-16)31-11-12-32-22(26)15(2)3/h5-10,13-14H,2,4,11-12H2,1,3H3. The Bertz CT molecular complexity index is 1290. The van der Waals surface area contributed by atoms with E-state index < -0.39 is 23.5 Å². The van der Waals surface area contributed by atoms with Gasteiger partial charge in [0.15, 0.2) is 0 Å². The molecule has 0 atom stereocenters. The molecule has 176 valence electrons. The first kappa shape index (κ1) is 24.2. The van der Waals surface area contributed by atoms with Gasteiger partial charge in [-0.25, -0.2) is 19.2 Å². The predicted octanol–water partition coefficient (Wildman–Crippen LogP) is 3.69. The Labute approximate surface area is 194 Å². The van der Waals surface area contributed by atoms with Crippen LogP contribution in [0, 0.1) is 0 Å². The summed E-state index contributed by atoms with van der Waals surface area (Å²) in [6, 6.07) is 12.0. The first-order valence-corrected chi connectivity index (χ1v) is 10.3. The van der Waals surface area contributed by atoms with Crippen LogP contribution in [0.25, 0.3) is 11.0 Å². The molecule has 34 heavy (non-hydrogen) atoms. The highest BCUT2D eigenvalue weighted by Crippen LogP contribution is 2.22. The van der Waals surface area contributed by atoms with E-state index in [1.54, 1.807) is 32.0 Å². The Balaban J connectivity index is 1.62. The van der Waals surface area contributed by atoms with Crippen molar-refractivity contribution in [2.75, 3.05) is 19.8 Å². The quantitative estimate of drug-likeness (QED) is 0.153. The maximum atomic E-state index is 12.5. The van der Waals surface area contributed by atoms with Gasteiger partial charge in [0.2, 0.25) is 0 Å². The predicted molar refractivity (Wildman–Crippen MR) is 121 cm³/mol. The Morgan fingerprint density at radius 2 is 1.62 bits per heavy atom. The fourth-order valence-corrected chi connectivity index (χ4v) is 2.78. The van der Waals surface area contributed by atoms with E-state index in [9.17, 15) is 19.2 Å². The second kappa shape index (κ2) is 11.0. The molecule has 3 rings (SSSR count). The summed E-state index contributed by atoms with van der Waals surface area (Å²) in [6.45, 7) is 7.01. The molecule has 1 aromatic heterocycles. The summed E-state index contributed by atoms with van der Waals surface area (Å²) in [7, 11) is 0.